The quantitative estimate of drug-likeness (QED) is 0.665. The molecule has 3 atom stereocenters. The first-order valence-electron chi connectivity index (χ1n) is 4.95. The highest BCUT2D eigenvalue weighted by Gasteiger charge is 2.14. The van der Waals surface area contributed by atoms with Gasteiger partial charge in [0.15, 0.2) is 0 Å². The molecule has 0 saturated carbocycles. The first-order chi connectivity index (χ1) is 5.99. The van der Waals surface area contributed by atoms with Crippen molar-refractivity contribution >= 4 is 5.97 Å². The Labute approximate surface area is 80.5 Å². The maximum atomic E-state index is 10.5. The minimum atomic E-state index is -0.733. The topological polar surface area (TPSA) is 49.3 Å². The van der Waals surface area contributed by atoms with E-state index in [-0.39, 0.29) is 5.92 Å². The van der Waals surface area contributed by atoms with E-state index >= 15 is 0 Å². The van der Waals surface area contributed by atoms with E-state index in [1.165, 1.54) is 0 Å². The summed E-state index contributed by atoms with van der Waals surface area (Å²) in [4.78, 5) is 10.5. The van der Waals surface area contributed by atoms with E-state index in [4.69, 9.17) is 5.11 Å². The number of rotatable bonds is 6. The van der Waals surface area contributed by atoms with Crippen LogP contribution in [-0.4, -0.2) is 23.7 Å². The predicted octanol–water partition coefficient (Wildman–Crippen LogP) is 1.73. The van der Waals surface area contributed by atoms with Gasteiger partial charge in [0.25, 0.3) is 0 Å². The highest BCUT2D eigenvalue weighted by Crippen LogP contribution is 2.06. The van der Waals surface area contributed by atoms with Crippen LogP contribution in [0, 0.1) is 11.8 Å². The molecule has 3 heteroatoms. The SMILES string of the molecule is CCC(C)C(C)NCC(C)C(=O)O. The number of carboxylic acid groups (broad SMARTS) is 1. The lowest BCUT2D eigenvalue weighted by Gasteiger charge is -2.20. The molecule has 78 valence electrons. The van der Waals surface area contributed by atoms with Crippen LogP contribution in [0.2, 0.25) is 0 Å². The fourth-order valence-corrected chi connectivity index (χ4v) is 1.00. The summed E-state index contributed by atoms with van der Waals surface area (Å²) in [5, 5.41) is 11.9. The van der Waals surface area contributed by atoms with E-state index < -0.39 is 5.97 Å². The zero-order valence-corrected chi connectivity index (χ0v) is 9.00. The van der Waals surface area contributed by atoms with Crippen LogP contribution in [0.5, 0.6) is 0 Å². The number of aliphatic carboxylic acids is 1. The lowest BCUT2D eigenvalue weighted by Crippen LogP contribution is -2.36. The zero-order valence-electron chi connectivity index (χ0n) is 9.00. The third kappa shape index (κ3) is 4.88. The fourth-order valence-electron chi connectivity index (χ4n) is 1.00. The summed E-state index contributed by atoms with van der Waals surface area (Å²) in [5.41, 5.74) is 0. The third-order valence-electron chi connectivity index (χ3n) is 2.67. The van der Waals surface area contributed by atoms with Crippen LogP contribution < -0.4 is 5.32 Å². The van der Waals surface area contributed by atoms with Gasteiger partial charge < -0.3 is 10.4 Å². The van der Waals surface area contributed by atoms with Crippen LogP contribution in [-0.2, 0) is 4.79 Å². The summed E-state index contributed by atoms with van der Waals surface area (Å²) >= 11 is 0. The van der Waals surface area contributed by atoms with Crippen LogP contribution in [0.15, 0.2) is 0 Å². The second-order valence-corrected chi connectivity index (χ2v) is 3.82. The summed E-state index contributed by atoms with van der Waals surface area (Å²) in [7, 11) is 0. The highest BCUT2D eigenvalue weighted by atomic mass is 16.4. The van der Waals surface area contributed by atoms with Crippen LogP contribution in [0.4, 0.5) is 0 Å². The molecule has 0 saturated heterocycles. The Hall–Kier alpha value is -0.570. The van der Waals surface area contributed by atoms with E-state index in [1.54, 1.807) is 6.92 Å². The van der Waals surface area contributed by atoms with E-state index in [1.807, 2.05) is 0 Å². The molecule has 0 aliphatic heterocycles. The van der Waals surface area contributed by atoms with Crippen molar-refractivity contribution < 1.29 is 9.90 Å². The molecule has 0 fully saturated rings. The molecule has 0 aromatic rings. The van der Waals surface area contributed by atoms with Crippen molar-refractivity contribution in [2.45, 2.75) is 40.2 Å². The van der Waals surface area contributed by atoms with Crippen LogP contribution >= 0.6 is 0 Å². The van der Waals surface area contributed by atoms with Gasteiger partial charge in [-0.05, 0) is 12.8 Å². The molecule has 0 aliphatic rings. The van der Waals surface area contributed by atoms with Crippen molar-refractivity contribution in [3.05, 3.63) is 0 Å². The Balaban J connectivity index is 3.69. The van der Waals surface area contributed by atoms with Crippen LogP contribution in [0.3, 0.4) is 0 Å². The normalized spacial score (nSPS) is 17.8. The van der Waals surface area contributed by atoms with Gasteiger partial charge in [-0.3, -0.25) is 4.79 Å². The smallest absolute Gasteiger partial charge is 0.307 e. The summed E-state index contributed by atoms with van der Waals surface area (Å²) in [6, 6.07) is 0.395. The molecule has 0 aliphatic carbocycles. The molecule has 0 heterocycles. The average Bonchev–Trinajstić information content (AvgIpc) is 2.11. The van der Waals surface area contributed by atoms with Crippen LogP contribution in [0.1, 0.15) is 34.1 Å². The van der Waals surface area contributed by atoms with Gasteiger partial charge >= 0.3 is 5.97 Å². The molecule has 0 aromatic heterocycles. The fraction of sp³-hybridized carbons (Fsp3) is 0.900. The summed E-state index contributed by atoms with van der Waals surface area (Å²) in [5.74, 6) is -0.434. The Morgan fingerprint density at radius 2 is 1.92 bits per heavy atom. The number of hydrogen-bond acceptors (Lipinski definition) is 2. The first kappa shape index (κ1) is 12.4. The van der Waals surface area contributed by atoms with E-state index in [0.29, 0.717) is 18.5 Å². The lowest BCUT2D eigenvalue weighted by atomic mass is 10.0. The second kappa shape index (κ2) is 5.97. The molecular weight excluding hydrogens is 166 g/mol. The van der Waals surface area contributed by atoms with Gasteiger partial charge in [-0.2, -0.15) is 0 Å². The molecule has 0 radical (unpaired) electrons. The van der Waals surface area contributed by atoms with Crippen molar-refractivity contribution in [3.8, 4) is 0 Å². The number of carbonyl (C=O) groups is 1. The largest absolute Gasteiger partial charge is 0.481 e. The maximum Gasteiger partial charge on any atom is 0.307 e. The van der Waals surface area contributed by atoms with Gasteiger partial charge in [0.2, 0.25) is 0 Å². The number of hydrogen-bond donors (Lipinski definition) is 2. The minimum Gasteiger partial charge on any atom is -0.481 e. The first-order valence-corrected chi connectivity index (χ1v) is 4.95. The molecule has 3 unspecified atom stereocenters. The Morgan fingerprint density at radius 3 is 2.31 bits per heavy atom. The van der Waals surface area contributed by atoms with Gasteiger partial charge in [-0.25, -0.2) is 0 Å². The number of carboxylic acids is 1. The van der Waals surface area contributed by atoms with Crippen molar-refractivity contribution in [2.75, 3.05) is 6.54 Å². The molecule has 2 N–H and O–H groups in total. The summed E-state index contributed by atoms with van der Waals surface area (Å²) in [6.07, 6.45) is 1.12. The lowest BCUT2D eigenvalue weighted by molar-refractivity contribution is -0.141. The summed E-state index contributed by atoms with van der Waals surface area (Å²) < 4.78 is 0. The molecule has 13 heavy (non-hydrogen) atoms. The predicted molar refractivity (Wildman–Crippen MR) is 53.7 cm³/mol. The minimum absolute atomic E-state index is 0.300. The van der Waals surface area contributed by atoms with Gasteiger partial charge in [0, 0.05) is 12.6 Å². The average molecular weight is 187 g/mol. The van der Waals surface area contributed by atoms with Crippen molar-refractivity contribution in [3.63, 3.8) is 0 Å². The maximum absolute atomic E-state index is 10.5. The van der Waals surface area contributed by atoms with Crippen molar-refractivity contribution in [1.82, 2.24) is 5.32 Å². The molecule has 0 bridgehead atoms. The standard InChI is InChI=1S/C10H21NO2/c1-5-7(2)9(4)11-6-8(3)10(12)13/h7-9,11H,5-6H2,1-4H3,(H,12,13). The van der Waals surface area contributed by atoms with E-state index in [9.17, 15) is 4.79 Å². The Morgan fingerprint density at radius 1 is 1.38 bits per heavy atom. The molecule has 0 aromatic carbocycles. The molecule has 0 amide bonds. The Kier molecular flexibility index (Phi) is 5.71. The summed E-state index contributed by atoms with van der Waals surface area (Å²) in [6.45, 7) is 8.69. The van der Waals surface area contributed by atoms with Gasteiger partial charge in [-0.1, -0.05) is 27.2 Å². The third-order valence-corrected chi connectivity index (χ3v) is 2.67. The second-order valence-electron chi connectivity index (χ2n) is 3.82. The van der Waals surface area contributed by atoms with Crippen LogP contribution in [0.25, 0.3) is 0 Å². The highest BCUT2D eigenvalue weighted by molar-refractivity contribution is 5.69. The number of nitrogens with one attached hydrogen (secondary N) is 1. The molecular formula is C10H21NO2. The van der Waals surface area contributed by atoms with Gasteiger partial charge in [0.05, 0.1) is 5.92 Å². The van der Waals surface area contributed by atoms with Gasteiger partial charge in [0.1, 0.15) is 0 Å². The molecule has 0 spiro atoms. The van der Waals surface area contributed by atoms with E-state index in [2.05, 4.69) is 26.1 Å². The zero-order chi connectivity index (χ0) is 10.4. The van der Waals surface area contributed by atoms with Crippen molar-refractivity contribution in [1.29, 1.82) is 0 Å². The monoisotopic (exact) mass is 187 g/mol. The molecule has 0 rings (SSSR count). The van der Waals surface area contributed by atoms with Crippen molar-refractivity contribution in [2.24, 2.45) is 11.8 Å². The van der Waals surface area contributed by atoms with E-state index in [0.717, 1.165) is 6.42 Å². The molecule has 3 nitrogen and oxygen atoms in total. The van der Waals surface area contributed by atoms with Gasteiger partial charge in [-0.15, -0.1) is 0 Å². The Bertz CT molecular complexity index is 159.